The maximum Gasteiger partial charge on any atom is 0.306 e. The molecule has 1 N–H and O–H groups in total. The largest absolute Gasteiger partial charge is 0.306 e. The fraction of sp³-hybridized carbons (Fsp3) is 0.333. The number of halogens is 1. The molecule has 1 aromatic rings. The van der Waals surface area contributed by atoms with Gasteiger partial charge >= 0.3 is 5.69 Å². The Morgan fingerprint density at radius 2 is 2.11 bits per heavy atom. The molecule has 0 unspecified atom stereocenters. The molecule has 0 amide bonds. The van der Waals surface area contributed by atoms with E-state index in [4.69, 9.17) is 0 Å². The van der Waals surface area contributed by atoms with Crippen LogP contribution in [0.5, 0.6) is 0 Å². The van der Waals surface area contributed by atoms with Crippen LogP contribution in [0.1, 0.15) is 12.5 Å². The lowest BCUT2D eigenvalue weighted by Gasteiger charge is -2.08. The van der Waals surface area contributed by atoms with Crippen molar-refractivity contribution in [3.05, 3.63) is 33.6 Å². The summed E-state index contributed by atoms with van der Waals surface area (Å²) in [5.41, 5.74) is -0.859. The normalized spacial score (nSPS) is 11.5. The van der Waals surface area contributed by atoms with Crippen molar-refractivity contribution in [3.8, 4) is 0 Å². The van der Waals surface area contributed by atoms with Crippen LogP contribution in [0.25, 0.3) is 0 Å². The van der Waals surface area contributed by atoms with Crippen LogP contribution in [0.4, 0.5) is 10.1 Å². The van der Waals surface area contributed by atoms with Crippen molar-refractivity contribution in [2.75, 3.05) is 6.61 Å². The number of nitrogens with zero attached hydrogens (tertiary/aromatic N) is 1. The van der Waals surface area contributed by atoms with Crippen molar-refractivity contribution < 1.29 is 22.6 Å². The van der Waals surface area contributed by atoms with Crippen LogP contribution in [0, 0.1) is 22.9 Å². The molecule has 0 saturated carbocycles. The molecular formula is C9H11FN2O5S. The molecule has 0 fully saturated rings. The van der Waals surface area contributed by atoms with Crippen molar-refractivity contribution in [1.82, 2.24) is 4.89 Å². The number of hydrogen-bond acceptors (Lipinski definition) is 5. The third kappa shape index (κ3) is 3.00. The number of nitrogens with one attached hydrogen (secondary N) is 1. The summed E-state index contributed by atoms with van der Waals surface area (Å²) in [6.07, 6.45) is 0. The van der Waals surface area contributed by atoms with E-state index in [1.54, 1.807) is 11.8 Å². The van der Waals surface area contributed by atoms with Crippen LogP contribution in [0.3, 0.4) is 0 Å². The van der Waals surface area contributed by atoms with Crippen LogP contribution in [0.2, 0.25) is 0 Å². The Balaban J connectivity index is 3.33. The predicted octanol–water partition coefficient (Wildman–Crippen LogP) is 1.27. The lowest BCUT2D eigenvalue weighted by atomic mass is 10.2. The number of hydrogen-bond donors (Lipinski definition) is 1. The van der Waals surface area contributed by atoms with E-state index in [1.807, 2.05) is 0 Å². The second-order valence-electron chi connectivity index (χ2n) is 3.35. The first kappa shape index (κ1) is 14.5. The molecule has 0 aliphatic carbocycles. The molecule has 0 spiro atoms. The molecule has 9 heteroatoms. The van der Waals surface area contributed by atoms with E-state index in [0.717, 1.165) is 6.07 Å². The summed E-state index contributed by atoms with van der Waals surface area (Å²) in [5, 5.41) is 10.5. The van der Waals surface area contributed by atoms with Gasteiger partial charge in [-0.2, -0.15) is 4.39 Å². The Morgan fingerprint density at radius 3 is 2.61 bits per heavy atom. The van der Waals surface area contributed by atoms with Crippen LogP contribution < -0.4 is 4.89 Å². The third-order valence-corrected chi connectivity index (χ3v) is 3.40. The number of nitro benzene ring substituents is 1. The highest BCUT2D eigenvalue weighted by molar-refractivity contribution is 7.89. The van der Waals surface area contributed by atoms with Crippen molar-refractivity contribution in [3.63, 3.8) is 0 Å². The lowest BCUT2D eigenvalue weighted by Crippen LogP contribution is -2.25. The van der Waals surface area contributed by atoms with E-state index < -0.39 is 31.3 Å². The molecule has 7 nitrogen and oxygen atoms in total. The second kappa shape index (κ2) is 5.38. The summed E-state index contributed by atoms with van der Waals surface area (Å²) in [6.45, 7) is 2.97. The van der Waals surface area contributed by atoms with Crippen molar-refractivity contribution in [2.24, 2.45) is 0 Å². The molecule has 0 bridgehead atoms. The van der Waals surface area contributed by atoms with Gasteiger partial charge < -0.3 is 0 Å². The van der Waals surface area contributed by atoms with Gasteiger partial charge in [0, 0.05) is 6.07 Å². The number of aryl methyl sites for hydroxylation is 1. The molecule has 18 heavy (non-hydrogen) atoms. The number of nitro groups is 1. The zero-order valence-electron chi connectivity index (χ0n) is 9.64. The van der Waals surface area contributed by atoms with Crippen molar-refractivity contribution >= 4 is 15.7 Å². The SMILES string of the molecule is CCONS(=O)(=O)c1cc([N+](=O)[O-])c(F)cc1C. The second-order valence-corrected chi connectivity index (χ2v) is 4.96. The summed E-state index contributed by atoms with van der Waals surface area (Å²) < 4.78 is 36.7. The zero-order chi connectivity index (χ0) is 13.9. The predicted molar refractivity (Wildman–Crippen MR) is 59.7 cm³/mol. The van der Waals surface area contributed by atoms with Crippen LogP contribution in [-0.4, -0.2) is 19.9 Å². The van der Waals surface area contributed by atoms with Gasteiger partial charge in [-0.15, -0.1) is 0 Å². The van der Waals surface area contributed by atoms with Gasteiger partial charge in [-0.25, -0.2) is 8.42 Å². The van der Waals surface area contributed by atoms with Gasteiger partial charge in [0.25, 0.3) is 10.0 Å². The van der Waals surface area contributed by atoms with E-state index in [0.29, 0.717) is 6.07 Å². The molecule has 0 saturated heterocycles. The molecule has 0 radical (unpaired) electrons. The van der Waals surface area contributed by atoms with Gasteiger partial charge in [0.05, 0.1) is 16.4 Å². The minimum Gasteiger partial charge on any atom is -0.287 e. The molecule has 0 heterocycles. The molecule has 0 aliphatic rings. The first-order valence-electron chi connectivity index (χ1n) is 4.87. The quantitative estimate of drug-likeness (QED) is 0.646. The average Bonchev–Trinajstić information content (AvgIpc) is 2.25. The summed E-state index contributed by atoms with van der Waals surface area (Å²) >= 11 is 0. The molecule has 0 atom stereocenters. The molecule has 0 aromatic heterocycles. The highest BCUT2D eigenvalue weighted by Crippen LogP contribution is 2.25. The highest BCUT2D eigenvalue weighted by atomic mass is 32.2. The van der Waals surface area contributed by atoms with Gasteiger partial charge in [0.2, 0.25) is 5.82 Å². The number of benzene rings is 1. The molecule has 100 valence electrons. The zero-order valence-corrected chi connectivity index (χ0v) is 10.5. The van der Waals surface area contributed by atoms with E-state index in [9.17, 15) is 22.9 Å². The minimum absolute atomic E-state index is 0.0466. The summed E-state index contributed by atoms with van der Waals surface area (Å²) in [6, 6.07) is 1.45. The van der Waals surface area contributed by atoms with Crippen LogP contribution in [0.15, 0.2) is 17.0 Å². The smallest absolute Gasteiger partial charge is 0.287 e. The Kier molecular flexibility index (Phi) is 4.33. The highest BCUT2D eigenvalue weighted by Gasteiger charge is 2.24. The summed E-state index contributed by atoms with van der Waals surface area (Å²) in [7, 11) is -4.07. The van der Waals surface area contributed by atoms with E-state index in [2.05, 4.69) is 4.84 Å². The van der Waals surface area contributed by atoms with Crippen LogP contribution >= 0.6 is 0 Å². The topological polar surface area (TPSA) is 98.5 Å². The first-order valence-corrected chi connectivity index (χ1v) is 6.36. The van der Waals surface area contributed by atoms with Crippen molar-refractivity contribution in [1.29, 1.82) is 0 Å². The maximum atomic E-state index is 13.2. The van der Waals surface area contributed by atoms with Gasteiger partial charge in [0.1, 0.15) is 0 Å². The third-order valence-electron chi connectivity index (χ3n) is 2.04. The molecule has 1 aromatic carbocycles. The summed E-state index contributed by atoms with van der Waals surface area (Å²) in [5.74, 6) is -1.09. The Bertz CT molecular complexity index is 573. The van der Waals surface area contributed by atoms with Crippen molar-refractivity contribution in [2.45, 2.75) is 18.7 Å². The Hall–Kier alpha value is -1.58. The Morgan fingerprint density at radius 1 is 1.50 bits per heavy atom. The maximum absolute atomic E-state index is 13.2. The van der Waals surface area contributed by atoms with E-state index in [1.165, 1.54) is 6.92 Å². The van der Waals surface area contributed by atoms with Gasteiger partial charge in [0.15, 0.2) is 0 Å². The number of sulfonamides is 1. The lowest BCUT2D eigenvalue weighted by molar-refractivity contribution is -0.387. The molecule has 1 rings (SSSR count). The van der Waals surface area contributed by atoms with Crippen LogP contribution in [-0.2, 0) is 14.9 Å². The van der Waals surface area contributed by atoms with E-state index >= 15 is 0 Å². The Labute approximate surface area is 103 Å². The van der Waals surface area contributed by atoms with Gasteiger partial charge in [-0.3, -0.25) is 15.0 Å². The molecular weight excluding hydrogens is 267 g/mol. The standard InChI is InChI=1S/C9H11FN2O5S/c1-3-17-11-18(15,16)9-5-8(12(13)14)7(10)4-6(9)2/h4-5,11H,3H2,1-2H3. The minimum atomic E-state index is -4.07. The molecule has 0 aliphatic heterocycles. The number of rotatable bonds is 5. The van der Waals surface area contributed by atoms with Gasteiger partial charge in [-0.1, -0.05) is 4.89 Å². The summed E-state index contributed by atoms with van der Waals surface area (Å²) in [4.78, 5) is 15.5. The van der Waals surface area contributed by atoms with E-state index in [-0.39, 0.29) is 12.2 Å². The monoisotopic (exact) mass is 278 g/mol. The fourth-order valence-electron chi connectivity index (χ4n) is 1.25. The van der Waals surface area contributed by atoms with Gasteiger partial charge in [-0.05, 0) is 25.5 Å². The fourth-order valence-corrected chi connectivity index (χ4v) is 2.37. The average molecular weight is 278 g/mol. The first-order chi connectivity index (χ1) is 8.29.